The fourth-order valence-corrected chi connectivity index (χ4v) is 2.96. The number of aromatic hydroxyl groups is 1. The highest BCUT2D eigenvalue weighted by molar-refractivity contribution is 6.02. The zero-order valence-electron chi connectivity index (χ0n) is 14.2. The van der Waals surface area contributed by atoms with Crippen LogP contribution in [0.4, 0.5) is 11.4 Å². The standard InChI is InChI=1S/C23H18N2O/c26-23-16-15-18-9-7-8-14-21(18)22(23)17-24-25(19-10-3-1-4-11-19)20-12-5-2-6-13-20/h1-17,26H. The van der Waals surface area contributed by atoms with Crippen molar-refractivity contribution in [2.45, 2.75) is 0 Å². The van der Waals surface area contributed by atoms with Gasteiger partial charge >= 0.3 is 0 Å². The minimum absolute atomic E-state index is 0.216. The molecule has 3 heteroatoms. The monoisotopic (exact) mass is 338 g/mol. The van der Waals surface area contributed by atoms with Gasteiger partial charge in [0.05, 0.1) is 17.6 Å². The van der Waals surface area contributed by atoms with E-state index in [1.165, 1.54) is 0 Å². The predicted molar refractivity (Wildman–Crippen MR) is 108 cm³/mol. The minimum Gasteiger partial charge on any atom is -0.507 e. The highest BCUT2D eigenvalue weighted by Crippen LogP contribution is 2.28. The van der Waals surface area contributed by atoms with Gasteiger partial charge in [0, 0.05) is 5.56 Å². The van der Waals surface area contributed by atoms with E-state index in [0.29, 0.717) is 5.56 Å². The van der Waals surface area contributed by atoms with Gasteiger partial charge in [-0.3, -0.25) is 0 Å². The maximum atomic E-state index is 10.4. The van der Waals surface area contributed by atoms with Crippen molar-refractivity contribution >= 4 is 28.4 Å². The minimum atomic E-state index is 0.216. The van der Waals surface area contributed by atoms with E-state index < -0.39 is 0 Å². The topological polar surface area (TPSA) is 35.8 Å². The van der Waals surface area contributed by atoms with Crippen LogP contribution in [-0.4, -0.2) is 11.3 Å². The smallest absolute Gasteiger partial charge is 0.125 e. The van der Waals surface area contributed by atoms with Crippen molar-refractivity contribution in [2.24, 2.45) is 5.10 Å². The summed E-state index contributed by atoms with van der Waals surface area (Å²) in [6, 6.07) is 31.5. The Morgan fingerprint density at radius 2 is 1.23 bits per heavy atom. The Hall–Kier alpha value is -3.59. The van der Waals surface area contributed by atoms with Crippen molar-refractivity contribution in [3.63, 3.8) is 0 Å². The molecule has 4 rings (SSSR count). The molecule has 0 aliphatic rings. The van der Waals surface area contributed by atoms with Crippen LogP contribution in [0, 0.1) is 0 Å². The molecule has 0 fully saturated rings. The van der Waals surface area contributed by atoms with Crippen LogP contribution in [0.5, 0.6) is 5.75 Å². The van der Waals surface area contributed by atoms with Crippen LogP contribution in [0.1, 0.15) is 5.56 Å². The number of phenolic OH excluding ortho intramolecular Hbond substituents is 1. The maximum absolute atomic E-state index is 10.4. The highest BCUT2D eigenvalue weighted by atomic mass is 16.3. The van der Waals surface area contributed by atoms with Crippen LogP contribution < -0.4 is 5.01 Å². The van der Waals surface area contributed by atoms with E-state index in [0.717, 1.165) is 22.1 Å². The summed E-state index contributed by atoms with van der Waals surface area (Å²) in [4.78, 5) is 0. The second-order valence-corrected chi connectivity index (χ2v) is 5.95. The molecule has 0 aliphatic carbocycles. The lowest BCUT2D eigenvalue weighted by Crippen LogP contribution is -2.09. The molecule has 3 nitrogen and oxygen atoms in total. The van der Waals surface area contributed by atoms with E-state index in [9.17, 15) is 5.11 Å². The van der Waals surface area contributed by atoms with Gasteiger partial charge in [-0.1, -0.05) is 66.7 Å². The Kier molecular flexibility index (Phi) is 4.35. The average Bonchev–Trinajstić information content (AvgIpc) is 2.71. The van der Waals surface area contributed by atoms with Crippen LogP contribution in [-0.2, 0) is 0 Å². The lowest BCUT2D eigenvalue weighted by Gasteiger charge is -2.19. The van der Waals surface area contributed by atoms with Crippen molar-refractivity contribution in [2.75, 3.05) is 5.01 Å². The first-order valence-corrected chi connectivity index (χ1v) is 8.48. The first-order valence-electron chi connectivity index (χ1n) is 8.48. The Morgan fingerprint density at radius 3 is 1.88 bits per heavy atom. The van der Waals surface area contributed by atoms with Crippen LogP contribution in [0.15, 0.2) is 102 Å². The average molecular weight is 338 g/mol. The molecule has 0 amide bonds. The number of anilines is 2. The van der Waals surface area contributed by atoms with E-state index in [2.05, 4.69) is 0 Å². The molecular formula is C23H18N2O. The van der Waals surface area contributed by atoms with E-state index >= 15 is 0 Å². The fraction of sp³-hybridized carbons (Fsp3) is 0. The number of para-hydroxylation sites is 2. The number of benzene rings is 4. The van der Waals surface area contributed by atoms with Gasteiger partial charge in [-0.25, -0.2) is 5.01 Å². The fourth-order valence-electron chi connectivity index (χ4n) is 2.96. The summed E-state index contributed by atoms with van der Waals surface area (Å²) in [7, 11) is 0. The van der Waals surface area contributed by atoms with Crippen molar-refractivity contribution in [3.05, 3.63) is 103 Å². The molecule has 0 unspecified atom stereocenters. The molecule has 0 spiro atoms. The highest BCUT2D eigenvalue weighted by Gasteiger charge is 2.09. The molecule has 0 radical (unpaired) electrons. The summed E-state index contributed by atoms with van der Waals surface area (Å²) in [5.74, 6) is 0.216. The molecule has 0 aliphatic heterocycles. The molecule has 126 valence electrons. The lowest BCUT2D eigenvalue weighted by atomic mass is 10.0. The third kappa shape index (κ3) is 3.15. The number of hydrogen-bond donors (Lipinski definition) is 1. The zero-order valence-corrected chi connectivity index (χ0v) is 14.2. The lowest BCUT2D eigenvalue weighted by molar-refractivity contribution is 0.475. The van der Waals surface area contributed by atoms with Gasteiger partial charge in [-0.2, -0.15) is 5.10 Å². The molecule has 0 atom stereocenters. The van der Waals surface area contributed by atoms with E-state index in [1.807, 2.05) is 96.0 Å². The second kappa shape index (κ2) is 7.11. The van der Waals surface area contributed by atoms with Gasteiger partial charge in [0.1, 0.15) is 5.75 Å². The van der Waals surface area contributed by atoms with Gasteiger partial charge in [0.25, 0.3) is 0 Å². The molecular weight excluding hydrogens is 320 g/mol. The number of nitrogens with zero attached hydrogens (tertiary/aromatic N) is 2. The molecule has 0 bridgehead atoms. The third-order valence-corrected chi connectivity index (χ3v) is 4.25. The maximum Gasteiger partial charge on any atom is 0.125 e. The SMILES string of the molecule is Oc1ccc2ccccc2c1C=NN(c1ccccc1)c1ccccc1. The second-order valence-electron chi connectivity index (χ2n) is 5.95. The molecule has 26 heavy (non-hydrogen) atoms. The van der Waals surface area contributed by atoms with Gasteiger partial charge in [-0.15, -0.1) is 0 Å². The van der Waals surface area contributed by atoms with Crippen LogP contribution in [0.25, 0.3) is 10.8 Å². The molecule has 4 aromatic rings. The Bertz CT molecular complexity index is 1000. The van der Waals surface area contributed by atoms with Gasteiger partial charge in [-0.05, 0) is 41.1 Å². The summed E-state index contributed by atoms with van der Waals surface area (Å²) in [5.41, 5.74) is 2.62. The van der Waals surface area contributed by atoms with E-state index in [-0.39, 0.29) is 5.75 Å². The third-order valence-electron chi connectivity index (χ3n) is 4.25. The Morgan fingerprint density at radius 1 is 0.654 bits per heavy atom. The summed E-state index contributed by atoms with van der Waals surface area (Å²) < 4.78 is 0. The first kappa shape index (κ1) is 15.9. The first-order chi connectivity index (χ1) is 12.8. The van der Waals surface area contributed by atoms with Gasteiger partial charge in [0.2, 0.25) is 0 Å². The van der Waals surface area contributed by atoms with E-state index in [1.54, 1.807) is 12.3 Å². The molecule has 0 saturated carbocycles. The van der Waals surface area contributed by atoms with Crippen LogP contribution in [0.3, 0.4) is 0 Å². The van der Waals surface area contributed by atoms with Crippen molar-refractivity contribution in [1.29, 1.82) is 0 Å². The molecule has 4 aromatic carbocycles. The predicted octanol–water partition coefficient (Wildman–Crippen LogP) is 5.72. The summed E-state index contributed by atoms with van der Waals surface area (Å²) in [6.07, 6.45) is 1.72. The van der Waals surface area contributed by atoms with Gasteiger partial charge in [0.15, 0.2) is 0 Å². The summed E-state index contributed by atoms with van der Waals surface area (Å²) >= 11 is 0. The van der Waals surface area contributed by atoms with Gasteiger partial charge < -0.3 is 5.11 Å². The van der Waals surface area contributed by atoms with E-state index in [4.69, 9.17) is 5.10 Å². The van der Waals surface area contributed by atoms with Crippen molar-refractivity contribution in [1.82, 2.24) is 0 Å². The molecule has 1 N–H and O–H groups in total. The normalized spacial score (nSPS) is 11.1. The molecule has 0 heterocycles. The largest absolute Gasteiger partial charge is 0.507 e. The number of fused-ring (bicyclic) bond motifs is 1. The quantitative estimate of drug-likeness (QED) is 0.382. The van der Waals surface area contributed by atoms with Crippen LogP contribution in [0.2, 0.25) is 0 Å². The Labute approximate surface area is 152 Å². The molecule has 0 aromatic heterocycles. The number of hydrazone groups is 1. The summed E-state index contributed by atoms with van der Waals surface area (Å²) in [5, 5.41) is 18.9. The molecule has 0 saturated heterocycles. The number of rotatable bonds is 4. The van der Waals surface area contributed by atoms with Crippen LogP contribution >= 0.6 is 0 Å². The number of hydrogen-bond acceptors (Lipinski definition) is 3. The zero-order chi connectivity index (χ0) is 17.8. The number of phenols is 1. The van der Waals surface area contributed by atoms with Crippen molar-refractivity contribution < 1.29 is 5.11 Å². The summed E-state index contributed by atoms with van der Waals surface area (Å²) in [6.45, 7) is 0. The Balaban J connectivity index is 1.81. The van der Waals surface area contributed by atoms with Crippen molar-refractivity contribution in [3.8, 4) is 5.75 Å².